The fourth-order valence-electron chi connectivity index (χ4n) is 2.31. The van der Waals surface area contributed by atoms with Gasteiger partial charge in [-0.2, -0.15) is 0 Å². The molecule has 0 spiro atoms. The van der Waals surface area contributed by atoms with Crippen molar-refractivity contribution in [2.75, 3.05) is 0 Å². The van der Waals surface area contributed by atoms with Gasteiger partial charge >= 0.3 is 0 Å². The van der Waals surface area contributed by atoms with E-state index in [9.17, 15) is 18.3 Å². The highest BCUT2D eigenvalue weighted by Gasteiger charge is 2.16. The largest absolute Gasteiger partial charge is 0.505 e. The van der Waals surface area contributed by atoms with Crippen LogP contribution in [0, 0.1) is 17.5 Å². The zero-order chi connectivity index (χ0) is 17.1. The highest BCUT2D eigenvalue weighted by molar-refractivity contribution is 5.72. The van der Waals surface area contributed by atoms with Crippen LogP contribution in [0.1, 0.15) is 5.56 Å². The Labute approximate surface area is 136 Å². The van der Waals surface area contributed by atoms with Gasteiger partial charge in [-0.15, -0.1) is 0 Å². The molecule has 0 unspecified atom stereocenters. The van der Waals surface area contributed by atoms with Crippen LogP contribution in [0.25, 0.3) is 11.1 Å². The predicted octanol–water partition coefficient (Wildman–Crippen LogP) is 5.06. The molecule has 0 aliphatic heterocycles. The zero-order valence-electron chi connectivity index (χ0n) is 12.5. The highest BCUT2D eigenvalue weighted by Crippen LogP contribution is 2.37. The van der Waals surface area contributed by atoms with Crippen LogP contribution in [0.2, 0.25) is 0 Å². The molecule has 0 saturated carbocycles. The molecule has 0 atom stereocenters. The van der Waals surface area contributed by atoms with Crippen molar-refractivity contribution in [3.05, 3.63) is 83.7 Å². The Kier molecular flexibility index (Phi) is 4.42. The summed E-state index contributed by atoms with van der Waals surface area (Å²) < 4.78 is 46.8. The van der Waals surface area contributed by atoms with E-state index in [1.54, 1.807) is 0 Å². The van der Waals surface area contributed by atoms with Gasteiger partial charge in [-0.1, -0.05) is 30.3 Å². The first-order chi connectivity index (χ1) is 11.5. The maximum absolute atomic E-state index is 14.0. The summed E-state index contributed by atoms with van der Waals surface area (Å²) >= 11 is 0. The van der Waals surface area contributed by atoms with E-state index in [0.29, 0.717) is 0 Å². The Morgan fingerprint density at radius 2 is 1.54 bits per heavy atom. The number of benzene rings is 3. The SMILES string of the molecule is Oc1cc(OCc2ccccc2)c(-c2cc(F)ccc2F)cc1F. The van der Waals surface area contributed by atoms with Crippen LogP contribution >= 0.6 is 0 Å². The monoisotopic (exact) mass is 330 g/mol. The van der Waals surface area contributed by atoms with E-state index in [1.165, 1.54) is 0 Å². The number of phenols is 1. The molecule has 0 aliphatic carbocycles. The molecule has 24 heavy (non-hydrogen) atoms. The van der Waals surface area contributed by atoms with Crippen LogP contribution in [-0.4, -0.2) is 5.11 Å². The Bertz CT molecular complexity index is 864. The van der Waals surface area contributed by atoms with Crippen LogP contribution in [0.4, 0.5) is 13.2 Å². The van der Waals surface area contributed by atoms with Gasteiger partial charge in [0.05, 0.1) is 0 Å². The van der Waals surface area contributed by atoms with Crippen molar-refractivity contribution in [1.29, 1.82) is 0 Å². The number of aromatic hydroxyl groups is 1. The van der Waals surface area contributed by atoms with Gasteiger partial charge in [-0.25, -0.2) is 13.2 Å². The standard InChI is InChI=1S/C19H13F3O2/c20-13-6-7-16(21)14(8-13)15-9-17(22)18(23)10-19(15)24-11-12-4-2-1-3-5-12/h1-10,23H,11H2. The first-order valence-corrected chi connectivity index (χ1v) is 7.19. The summed E-state index contributed by atoms with van der Waals surface area (Å²) in [6, 6.07) is 14.0. The lowest BCUT2D eigenvalue weighted by molar-refractivity contribution is 0.304. The summed E-state index contributed by atoms with van der Waals surface area (Å²) in [7, 11) is 0. The molecule has 0 radical (unpaired) electrons. The number of ether oxygens (including phenoxy) is 1. The second-order valence-electron chi connectivity index (χ2n) is 5.20. The molecule has 0 fully saturated rings. The second kappa shape index (κ2) is 6.66. The maximum Gasteiger partial charge on any atom is 0.165 e. The highest BCUT2D eigenvalue weighted by atomic mass is 19.1. The Hall–Kier alpha value is -2.95. The molecule has 0 aromatic heterocycles. The maximum atomic E-state index is 14.0. The molecular formula is C19H13F3O2. The average Bonchev–Trinajstić information content (AvgIpc) is 2.59. The Morgan fingerprint density at radius 3 is 2.29 bits per heavy atom. The average molecular weight is 330 g/mol. The minimum atomic E-state index is -0.944. The first-order valence-electron chi connectivity index (χ1n) is 7.19. The molecular weight excluding hydrogens is 317 g/mol. The van der Waals surface area contributed by atoms with Crippen LogP contribution < -0.4 is 4.74 Å². The molecule has 1 N–H and O–H groups in total. The quantitative estimate of drug-likeness (QED) is 0.725. The summed E-state index contributed by atoms with van der Waals surface area (Å²) in [4.78, 5) is 0. The van der Waals surface area contributed by atoms with Crippen LogP contribution in [-0.2, 0) is 6.61 Å². The lowest BCUT2D eigenvalue weighted by Gasteiger charge is -2.13. The van der Waals surface area contributed by atoms with Gasteiger partial charge in [0, 0.05) is 17.2 Å². The summed E-state index contributed by atoms with van der Waals surface area (Å²) in [6.07, 6.45) is 0. The van der Waals surface area contributed by atoms with E-state index in [2.05, 4.69) is 0 Å². The van der Waals surface area contributed by atoms with Gasteiger partial charge in [0.25, 0.3) is 0 Å². The van der Waals surface area contributed by atoms with E-state index in [1.807, 2.05) is 30.3 Å². The van der Waals surface area contributed by atoms with E-state index >= 15 is 0 Å². The normalized spacial score (nSPS) is 10.6. The van der Waals surface area contributed by atoms with Crippen molar-refractivity contribution >= 4 is 0 Å². The predicted molar refractivity (Wildman–Crippen MR) is 84.2 cm³/mol. The van der Waals surface area contributed by atoms with E-state index in [0.717, 1.165) is 35.9 Å². The molecule has 3 rings (SSSR count). The number of halogens is 3. The molecule has 5 heteroatoms. The van der Waals surface area contributed by atoms with Crippen molar-refractivity contribution in [3.8, 4) is 22.6 Å². The lowest BCUT2D eigenvalue weighted by atomic mass is 10.0. The van der Waals surface area contributed by atoms with Gasteiger partial charge in [-0.3, -0.25) is 0 Å². The van der Waals surface area contributed by atoms with Gasteiger partial charge in [0.1, 0.15) is 24.0 Å². The zero-order valence-corrected chi connectivity index (χ0v) is 12.5. The van der Waals surface area contributed by atoms with Crippen molar-refractivity contribution in [1.82, 2.24) is 0 Å². The van der Waals surface area contributed by atoms with E-state index in [-0.39, 0.29) is 23.5 Å². The third-order valence-electron chi connectivity index (χ3n) is 3.50. The summed E-state index contributed by atoms with van der Waals surface area (Å²) in [5, 5.41) is 9.57. The molecule has 122 valence electrons. The van der Waals surface area contributed by atoms with Gasteiger partial charge in [-0.05, 0) is 29.8 Å². The summed E-state index contributed by atoms with van der Waals surface area (Å²) in [5.41, 5.74) is 0.724. The number of rotatable bonds is 4. The third-order valence-corrected chi connectivity index (χ3v) is 3.50. The molecule has 0 saturated heterocycles. The van der Waals surface area contributed by atoms with Crippen molar-refractivity contribution in [2.24, 2.45) is 0 Å². The van der Waals surface area contributed by atoms with Crippen LogP contribution in [0.5, 0.6) is 11.5 Å². The number of hydrogen-bond acceptors (Lipinski definition) is 2. The van der Waals surface area contributed by atoms with Crippen molar-refractivity contribution in [2.45, 2.75) is 6.61 Å². The molecule has 0 heterocycles. The summed E-state index contributed by atoms with van der Waals surface area (Å²) in [5.74, 6) is -2.89. The number of hydrogen-bond donors (Lipinski definition) is 1. The minimum absolute atomic E-state index is 0.0261. The summed E-state index contributed by atoms with van der Waals surface area (Å²) in [6.45, 7) is 0.135. The fraction of sp³-hybridized carbons (Fsp3) is 0.0526. The second-order valence-corrected chi connectivity index (χ2v) is 5.20. The Balaban J connectivity index is 2.02. The Morgan fingerprint density at radius 1 is 0.792 bits per heavy atom. The molecule has 0 amide bonds. The smallest absolute Gasteiger partial charge is 0.165 e. The third kappa shape index (κ3) is 3.35. The van der Waals surface area contributed by atoms with Crippen molar-refractivity contribution < 1.29 is 23.0 Å². The van der Waals surface area contributed by atoms with Crippen molar-refractivity contribution in [3.63, 3.8) is 0 Å². The van der Waals surface area contributed by atoms with Gasteiger partial charge in [0.2, 0.25) is 0 Å². The van der Waals surface area contributed by atoms with E-state index in [4.69, 9.17) is 4.74 Å². The first kappa shape index (κ1) is 15.9. The molecule has 3 aromatic rings. The molecule has 0 aliphatic rings. The van der Waals surface area contributed by atoms with Crippen LogP contribution in [0.3, 0.4) is 0 Å². The van der Waals surface area contributed by atoms with E-state index < -0.39 is 23.2 Å². The molecule has 0 bridgehead atoms. The molecule has 3 aromatic carbocycles. The minimum Gasteiger partial charge on any atom is -0.505 e. The number of phenolic OH excluding ortho intramolecular Hbond substituents is 1. The lowest BCUT2D eigenvalue weighted by Crippen LogP contribution is -1.99. The topological polar surface area (TPSA) is 29.5 Å². The van der Waals surface area contributed by atoms with Gasteiger partial charge < -0.3 is 9.84 Å². The fourth-order valence-corrected chi connectivity index (χ4v) is 2.31. The molecule has 2 nitrogen and oxygen atoms in total. The van der Waals surface area contributed by atoms with Gasteiger partial charge in [0.15, 0.2) is 11.6 Å². The van der Waals surface area contributed by atoms with Crippen LogP contribution in [0.15, 0.2) is 60.7 Å².